The van der Waals surface area contributed by atoms with Crippen LogP contribution in [0.1, 0.15) is 56.4 Å². The first-order valence-corrected chi connectivity index (χ1v) is 9.37. The number of aromatic nitrogens is 1. The molecule has 0 radical (unpaired) electrons. The minimum absolute atomic E-state index is 0.0802. The molecule has 2 aliphatic rings. The van der Waals surface area contributed by atoms with Gasteiger partial charge in [0.05, 0.1) is 6.04 Å². The van der Waals surface area contributed by atoms with Crippen molar-refractivity contribution in [3.8, 4) is 0 Å². The Kier molecular flexibility index (Phi) is 5.56. The molecule has 1 unspecified atom stereocenters. The number of nitrogens with one attached hydrogen (secondary N) is 1. The summed E-state index contributed by atoms with van der Waals surface area (Å²) in [7, 11) is 0. The van der Waals surface area contributed by atoms with E-state index >= 15 is 0 Å². The van der Waals surface area contributed by atoms with E-state index in [2.05, 4.69) is 15.2 Å². The van der Waals surface area contributed by atoms with Crippen LogP contribution in [0.3, 0.4) is 0 Å². The lowest BCUT2D eigenvalue weighted by atomic mass is 10.2. The van der Waals surface area contributed by atoms with Crippen LogP contribution in [0.5, 0.6) is 0 Å². The lowest BCUT2D eigenvalue weighted by molar-refractivity contribution is -0.130. The van der Waals surface area contributed by atoms with Gasteiger partial charge in [-0.15, -0.1) is 0 Å². The molecular formula is C19H28N4O2. The quantitative estimate of drug-likeness (QED) is 0.889. The summed E-state index contributed by atoms with van der Waals surface area (Å²) >= 11 is 0. The second-order valence-corrected chi connectivity index (χ2v) is 7.05. The molecule has 1 aliphatic carbocycles. The number of hydrogen-bond acceptors (Lipinski definition) is 4. The third-order valence-corrected chi connectivity index (χ3v) is 5.38. The van der Waals surface area contributed by atoms with Crippen LogP contribution < -0.4 is 10.2 Å². The number of anilines is 1. The van der Waals surface area contributed by atoms with E-state index in [0.717, 1.165) is 44.6 Å². The normalized spacial score (nSPS) is 20.7. The van der Waals surface area contributed by atoms with E-state index in [9.17, 15) is 9.59 Å². The predicted molar refractivity (Wildman–Crippen MR) is 97.6 cm³/mol. The summed E-state index contributed by atoms with van der Waals surface area (Å²) in [5.41, 5.74) is 1.49. The molecule has 0 aromatic carbocycles. The van der Waals surface area contributed by atoms with Crippen LogP contribution in [0.4, 0.5) is 5.69 Å². The minimum Gasteiger partial charge on any atom is -0.369 e. The molecule has 1 aliphatic heterocycles. The van der Waals surface area contributed by atoms with Crippen LogP contribution in [-0.2, 0) is 4.79 Å². The average molecular weight is 344 g/mol. The number of pyridine rings is 1. The molecule has 3 rings (SSSR count). The molecule has 2 fully saturated rings. The Morgan fingerprint density at radius 3 is 2.76 bits per heavy atom. The van der Waals surface area contributed by atoms with Crippen molar-refractivity contribution in [1.82, 2.24) is 15.2 Å². The van der Waals surface area contributed by atoms with E-state index in [1.165, 1.54) is 12.8 Å². The van der Waals surface area contributed by atoms with Gasteiger partial charge in [0.15, 0.2) is 0 Å². The van der Waals surface area contributed by atoms with Gasteiger partial charge in [-0.3, -0.25) is 14.6 Å². The highest BCUT2D eigenvalue weighted by Gasteiger charge is 2.29. The molecule has 6 nitrogen and oxygen atoms in total. The zero-order chi connectivity index (χ0) is 17.8. The van der Waals surface area contributed by atoms with Gasteiger partial charge in [0.1, 0.15) is 5.69 Å². The summed E-state index contributed by atoms with van der Waals surface area (Å²) in [6.45, 7) is 6.08. The van der Waals surface area contributed by atoms with Crippen molar-refractivity contribution in [2.45, 2.75) is 58.0 Å². The monoisotopic (exact) mass is 344 g/mol. The molecule has 136 valence electrons. The number of amides is 2. The van der Waals surface area contributed by atoms with E-state index in [0.29, 0.717) is 11.7 Å². The van der Waals surface area contributed by atoms with Crippen molar-refractivity contribution < 1.29 is 9.59 Å². The Balaban J connectivity index is 1.65. The maximum absolute atomic E-state index is 12.4. The Morgan fingerprint density at radius 2 is 2.08 bits per heavy atom. The van der Waals surface area contributed by atoms with Gasteiger partial charge in [-0.1, -0.05) is 12.8 Å². The molecule has 0 bridgehead atoms. The van der Waals surface area contributed by atoms with Crippen LogP contribution in [0, 0.1) is 0 Å². The molecule has 1 saturated heterocycles. The number of nitrogens with zero attached hydrogens (tertiary/aromatic N) is 3. The van der Waals surface area contributed by atoms with E-state index in [4.69, 9.17) is 0 Å². The third kappa shape index (κ3) is 4.11. The van der Waals surface area contributed by atoms with E-state index in [1.54, 1.807) is 13.1 Å². The fraction of sp³-hybridized carbons (Fsp3) is 0.632. The second-order valence-electron chi connectivity index (χ2n) is 7.05. The molecule has 2 heterocycles. The van der Waals surface area contributed by atoms with Crippen LogP contribution in [0.15, 0.2) is 18.3 Å². The molecule has 1 aromatic rings. The van der Waals surface area contributed by atoms with Gasteiger partial charge in [0.2, 0.25) is 5.91 Å². The summed E-state index contributed by atoms with van der Waals surface area (Å²) in [6.07, 6.45) is 7.18. The van der Waals surface area contributed by atoms with E-state index in [-0.39, 0.29) is 17.9 Å². The van der Waals surface area contributed by atoms with Crippen molar-refractivity contribution in [1.29, 1.82) is 0 Å². The summed E-state index contributed by atoms with van der Waals surface area (Å²) in [5, 5.41) is 3.09. The van der Waals surface area contributed by atoms with Gasteiger partial charge in [-0.25, -0.2) is 0 Å². The van der Waals surface area contributed by atoms with Gasteiger partial charge in [-0.05, 0) is 38.3 Å². The highest BCUT2D eigenvalue weighted by molar-refractivity contribution is 5.93. The maximum Gasteiger partial charge on any atom is 0.270 e. The fourth-order valence-corrected chi connectivity index (χ4v) is 4.04. The SMILES string of the molecule is CCN(C(C)=O)C1CCN(c2ccnc(C(=O)NC3CCCC3)c2)C1. The van der Waals surface area contributed by atoms with Gasteiger partial charge < -0.3 is 15.1 Å². The topological polar surface area (TPSA) is 65.5 Å². The predicted octanol–water partition coefficient (Wildman–Crippen LogP) is 2.20. The molecule has 2 amide bonds. The van der Waals surface area contributed by atoms with Crippen molar-refractivity contribution in [2.24, 2.45) is 0 Å². The fourth-order valence-electron chi connectivity index (χ4n) is 4.04. The average Bonchev–Trinajstić information content (AvgIpc) is 3.27. The van der Waals surface area contributed by atoms with Crippen molar-refractivity contribution in [3.63, 3.8) is 0 Å². The molecule has 1 aromatic heterocycles. The third-order valence-electron chi connectivity index (χ3n) is 5.38. The molecular weight excluding hydrogens is 316 g/mol. The first-order valence-electron chi connectivity index (χ1n) is 9.37. The van der Waals surface area contributed by atoms with Crippen LogP contribution in [0.25, 0.3) is 0 Å². The highest BCUT2D eigenvalue weighted by Crippen LogP contribution is 2.24. The van der Waals surface area contributed by atoms with Crippen molar-refractivity contribution >= 4 is 17.5 Å². The number of rotatable bonds is 5. The lowest BCUT2D eigenvalue weighted by Crippen LogP contribution is -2.40. The Hall–Kier alpha value is -2.11. The number of hydrogen-bond donors (Lipinski definition) is 1. The summed E-state index contributed by atoms with van der Waals surface area (Å²) in [6, 6.07) is 4.35. The van der Waals surface area contributed by atoms with Gasteiger partial charge in [0.25, 0.3) is 5.91 Å². The van der Waals surface area contributed by atoms with Gasteiger partial charge >= 0.3 is 0 Å². The standard InChI is InChI=1S/C19H28N4O2/c1-3-23(14(2)24)17-9-11-22(13-17)16-8-10-20-18(12-16)19(25)21-15-6-4-5-7-15/h8,10,12,15,17H,3-7,9,11,13H2,1-2H3,(H,21,25). The zero-order valence-electron chi connectivity index (χ0n) is 15.2. The molecule has 1 atom stereocenters. The molecule has 25 heavy (non-hydrogen) atoms. The van der Waals surface area contributed by atoms with Crippen LogP contribution in [-0.4, -0.2) is 53.4 Å². The minimum atomic E-state index is -0.0802. The zero-order valence-corrected chi connectivity index (χ0v) is 15.2. The number of likely N-dealkylation sites (N-methyl/N-ethyl adjacent to an activating group) is 1. The second kappa shape index (κ2) is 7.85. The highest BCUT2D eigenvalue weighted by atomic mass is 16.2. The van der Waals surface area contributed by atoms with Gasteiger partial charge in [-0.2, -0.15) is 0 Å². The first kappa shape index (κ1) is 17.7. The molecule has 0 spiro atoms. The van der Waals surface area contributed by atoms with Crippen molar-refractivity contribution in [2.75, 3.05) is 24.5 Å². The largest absolute Gasteiger partial charge is 0.369 e. The van der Waals surface area contributed by atoms with Crippen molar-refractivity contribution in [3.05, 3.63) is 24.0 Å². The molecule has 1 saturated carbocycles. The summed E-state index contributed by atoms with van der Waals surface area (Å²) in [4.78, 5) is 32.6. The van der Waals surface area contributed by atoms with Gasteiger partial charge in [0, 0.05) is 44.5 Å². The molecule has 1 N–H and O–H groups in total. The van der Waals surface area contributed by atoms with E-state index in [1.807, 2.05) is 24.0 Å². The van der Waals surface area contributed by atoms with Crippen LogP contribution >= 0.6 is 0 Å². The summed E-state index contributed by atoms with van der Waals surface area (Å²) in [5.74, 6) is 0.0455. The molecule has 6 heteroatoms. The number of carbonyl (C=O) groups is 2. The summed E-state index contributed by atoms with van der Waals surface area (Å²) < 4.78 is 0. The number of carbonyl (C=O) groups excluding carboxylic acids is 2. The van der Waals surface area contributed by atoms with Crippen LogP contribution in [0.2, 0.25) is 0 Å². The Bertz CT molecular complexity index is 628. The lowest BCUT2D eigenvalue weighted by Gasteiger charge is -2.27. The smallest absolute Gasteiger partial charge is 0.270 e. The maximum atomic E-state index is 12.4. The first-order chi connectivity index (χ1) is 12.1. The Morgan fingerprint density at radius 1 is 1.32 bits per heavy atom. The van der Waals surface area contributed by atoms with E-state index < -0.39 is 0 Å². The Labute approximate surface area is 149 Å².